The lowest BCUT2D eigenvalue weighted by atomic mass is 10.2. The zero-order valence-corrected chi connectivity index (χ0v) is 18.4. The average molecular weight is 448 g/mol. The fourth-order valence-electron chi connectivity index (χ4n) is 3.57. The second kappa shape index (κ2) is 8.41. The van der Waals surface area contributed by atoms with E-state index in [1.165, 1.54) is 18.1 Å². The number of benzene rings is 1. The van der Waals surface area contributed by atoms with E-state index in [1.807, 2.05) is 25.1 Å². The predicted molar refractivity (Wildman–Crippen MR) is 118 cm³/mol. The van der Waals surface area contributed by atoms with Crippen molar-refractivity contribution in [1.82, 2.24) is 14.9 Å². The van der Waals surface area contributed by atoms with E-state index in [1.54, 1.807) is 16.2 Å². The van der Waals surface area contributed by atoms with E-state index in [-0.39, 0.29) is 29.2 Å². The van der Waals surface area contributed by atoms with Crippen molar-refractivity contribution in [2.75, 3.05) is 23.8 Å². The minimum absolute atomic E-state index is 0.0510. The lowest BCUT2D eigenvalue weighted by molar-refractivity contribution is -0.129. The molecule has 0 aliphatic carbocycles. The molecule has 4 rings (SSSR count). The highest BCUT2D eigenvalue weighted by atomic mass is 32.2. The number of nitrogens with zero attached hydrogens (tertiary/aromatic N) is 3. The summed E-state index contributed by atoms with van der Waals surface area (Å²) < 4.78 is 23.5. The third kappa shape index (κ3) is 4.46. The average Bonchev–Trinajstić information content (AvgIpc) is 3.31. The first kappa shape index (κ1) is 20.3. The zero-order valence-electron chi connectivity index (χ0n) is 15.9. The topological polar surface area (TPSA) is 80.2 Å². The SMILES string of the molecule is CCN(C(=O)CSc1ncnc2sc(-c3ccccc3)cc12)C1CCS(=O)(=O)C1. The van der Waals surface area contributed by atoms with E-state index in [0.29, 0.717) is 13.0 Å². The van der Waals surface area contributed by atoms with Crippen LogP contribution in [0, 0.1) is 0 Å². The van der Waals surface area contributed by atoms with Crippen molar-refractivity contribution >= 4 is 49.1 Å². The maximum absolute atomic E-state index is 12.8. The summed E-state index contributed by atoms with van der Waals surface area (Å²) in [5, 5.41) is 1.72. The molecule has 2 aromatic heterocycles. The van der Waals surface area contributed by atoms with Gasteiger partial charge in [0.2, 0.25) is 5.91 Å². The number of hydrogen-bond acceptors (Lipinski definition) is 7. The molecular formula is C20H21N3O3S3. The standard InChI is InChI=1S/C20H21N3O3S3/c1-2-23(15-8-9-29(25,26)12-15)18(24)11-27-19-16-10-17(14-6-4-3-5-7-14)28-20(16)22-13-21-19/h3-7,10,13,15H,2,8-9,11-12H2,1H3. The third-order valence-corrected chi connectivity index (χ3v) is 8.83. The molecule has 29 heavy (non-hydrogen) atoms. The van der Waals surface area contributed by atoms with Crippen molar-refractivity contribution in [2.45, 2.75) is 24.4 Å². The second-order valence-corrected chi connectivity index (χ2v) is 11.1. The van der Waals surface area contributed by atoms with Gasteiger partial charge in [0.05, 0.1) is 17.3 Å². The lowest BCUT2D eigenvalue weighted by Gasteiger charge is -2.26. The quantitative estimate of drug-likeness (QED) is 0.425. The molecule has 1 atom stereocenters. The monoisotopic (exact) mass is 447 g/mol. The van der Waals surface area contributed by atoms with Crippen LogP contribution in [0.25, 0.3) is 20.7 Å². The summed E-state index contributed by atoms with van der Waals surface area (Å²) in [6.45, 7) is 2.40. The van der Waals surface area contributed by atoms with Gasteiger partial charge in [0.15, 0.2) is 9.84 Å². The van der Waals surface area contributed by atoms with Gasteiger partial charge in [0, 0.05) is 22.8 Å². The summed E-state index contributed by atoms with van der Waals surface area (Å²) in [5.41, 5.74) is 1.13. The highest BCUT2D eigenvalue weighted by molar-refractivity contribution is 8.00. The van der Waals surface area contributed by atoms with E-state index in [4.69, 9.17) is 0 Å². The van der Waals surface area contributed by atoms with Gasteiger partial charge < -0.3 is 4.90 Å². The highest BCUT2D eigenvalue weighted by Gasteiger charge is 2.33. The van der Waals surface area contributed by atoms with Gasteiger partial charge in [-0.15, -0.1) is 11.3 Å². The van der Waals surface area contributed by atoms with E-state index in [0.717, 1.165) is 25.7 Å². The zero-order chi connectivity index (χ0) is 20.4. The van der Waals surface area contributed by atoms with E-state index < -0.39 is 9.84 Å². The molecule has 6 nitrogen and oxygen atoms in total. The summed E-state index contributed by atoms with van der Waals surface area (Å²) in [4.78, 5) is 25.2. The summed E-state index contributed by atoms with van der Waals surface area (Å²) in [6, 6.07) is 12.0. The number of carbonyl (C=O) groups is 1. The van der Waals surface area contributed by atoms with Gasteiger partial charge in [-0.1, -0.05) is 42.1 Å². The number of hydrogen-bond donors (Lipinski definition) is 0. The van der Waals surface area contributed by atoms with Crippen molar-refractivity contribution in [1.29, 1.82) is 0 Å². The summed E-state index contributed by atoms with van der Waals surface area (Å²) in [5.74, 6) is 0.413. The molecule has 0 saturated carbocycles. The largest absolute Gasteiger partial charge is 0.338 e. The fourth-order valence-corrected chi connectivity index (χ4v) is 7.22. The number of thioether (sulfide) groups is 1. The van der Waals surface area contributed by atoms with Crippen LogP contribution in [-0.2, 0) is 14.6 Å². The van der Waals surface area contributed by atoms with Gasteiger partial charge in [-0.3, -0.25) is 4.79 Å². The van der Waals surface area contributed by atoms with E-state index >= 15 is 0 Å². The van der Waals surface area contributed by atoms with Crippen molar-refractivity contribution in [2.24, 2.45) is 0 Å². The Kier molecular flexibility index (Phi) is 5.89. The second-order valence-electron chi connectivity index (χ2n) is 6.90. The Balaban J connectivity index is 1.50. The van der Waals surface area contributed by atoms with Gasteiger partial charge >= 0.3 is 0 Å². The Bertz CT molecular complexity index is 1130. The third-order valence-electron chi connectivity index (χ3n) is 4.99. The number of sulfone groups is 1. The van der Waals surface area contributed by atoms with Crippen LogP contribution in [0.4, 0.5) is 0 Å². The molecule has 1 aromatic carbocycles. The Morgan fingerprint density at radius 2 is 2.07 bits per heavy atom. The Hall–Kier alpha value is -1.97. The first-order valence-electron chi connectivity index (χ1n) is 9.39. The number of fused-ring (bicyclic) bond motifs is 1. The normalized spacial score (nSPS) is 18.2. The number of carbonyl (C=O) groups excluding carboxylic acids is 1. The molecule has 1 aliphatic heterocycles. The number of rotatable bonds is 6. The first-order valence-corrected chi connectivity index (χ1v) is 13.0. The number of aromatic nitrogens is 2. The summed E-state index contributed by atoms with van der Waals surface area (Å²) in [6.07, 6.45) is 2.05. The number of thiophene rings is 1. The molecule has 1 amide bonds. The van der Waals surface area contributed by atoms with Gasteiger partial charge in [-0.25, -0.2) is 18.4 Å². The molecule has 3 aromatic rings. The smallest absolute Gasteiger partial charge is 0.233 e. The number of amides is 1. The van der Waals surface area contributed by atoms with Crippen LogP contribution in [0.5, 0.6) is 0 Å². The van der Waals surface area contributed by atoms with Gasteiger partial charge in [-0.05, 0) is 25.0 Å². The molecule has 1 aliphatic rings. The maximum atomic E-state index is 12.8. The molecule has 0 radical (unpaired) electrons. The molecule has 9 heteroatoms. The predicted octanol–water partition coefficient (Wildman–Crippen LogP) is 3.49. The molecule has 152 valence electrons. The summed E-state index contributed by atoms with van der Waals surface area (Å²) >= 11 is 2.99. The van der Waals surface area contributed by atoms with Crippen molar-refractivity contribution in [3.63, 3.8) is 0 Å². The van der Waals surface area contributed by atoms with Crippen LogP contribution >= 0.6 is 23.1 Å². The summed E-state index contributed by atoms with van der Waals surface area (Å²) in [7, 11) is -3.02. The van der Waals surface area contributed by atoms with Crippen molar-refractivity contribution < 1.29 is 13.2 Å². The van der Waals surface area contributed by atoms with Crippen molar-refractivity contribution in [3.8, 4) is 10.4 Å². The van der Waals surface area contributed by atoms with Gasteiger partial charge in [0.1, 0.15) is 16.2 Å². The Morgan fingerprint density at radius 1 is 1.28 bits per heavy atom. The molecule has 0 bridgehead atoms. The Morgan fingerprint density at radius 3 is 2.76 bits per heavy atom. The van der Waals surface area contributed by atoms with Gasteiger partial charge in [-0.2, -0.15) is 0 Å². The minimum atomic E-state index is -3.02. The van der Waals surface area contributed by atoms with Crippen LogP contribution in [0.2, 0.25) is 0 Å². The van der Waals surface area contributed by atoms with Crippen LogP contribution in [-0.4, -0.2) is 59.0 Å². The fraction of sp³-hybridized carbons (Fsp3) is 0.350. The minimum Gasteiger partial charge on any atom is -0.338 e. The van der Waals surface area contributed by atoms with Crippen molar-refractivity contribution in [3.05, 3.63) is 42.7 Å². The van der Waals surface area contributed by atoms with Crippen LogP contribution < -0.4 is 0 Å². The molecule has 1 unspecified atom stereocenters. The Labute approximate surface area is 178 Å². The lowest BCUT2D eigenvalue weighted by Crippen LogP contribution is -2.41. The highest BCUT2D eigenvalue weighted by Crippen LogP contribution is 2.36. The van der Waals surface area contributed by atoms with Crippen LogP contribution in [0.3, 0.4) is 0 Å². The first-order chi connectivity index (χ1) is 14.0. The van der Waals surface area contributed by atoms with Gasteiger partial charge in [0.25, 0.3) is 0 Å². The molecular weight excluding hydrogens is 426 g/mol. The van der Waals surface area contributed by atoms with Crippen LogP contribution in [0.15, 0.2) is 47.8 Å². The molecule has 1 saturated heterocycles. The van der Waals surface area contributed by atoms with E-state index in [2.05, 4.69) is 28.2 Å². The maximum Gasteiger partial charge on any atom is 0.233 e. The molecule has 1 fully saturated rings. The van der Waals surface area contributed by atoms with Crippen LogP contribution in [0.1, 0.15) is 13.3 Å². The molecule has 0 N–H and O–H groups in total. The molecule has 0 spiro atoms. The molecule has 3 heterocycles. The van der Waals surface area contributed by atoms with E-state index in [9.17, 15) is 13.2 Å².